The summed E-state index contributed by atoms with van der Waals surface area (Å²) in [6.07, 6.45) is 5.85. The first-order valence-corrected chi connectivity index (χ1v) is 11.1. The topological polar surface area (TPSA) is 69.0 Å². The number of aromatic nitrogens is 3. The molecule has 6 heteroatoms. The summed E-state index contributed by atoms with van der Waals surface area (Å²) in [6, 6.07) is 19.8. The third-order valence-corrected chi connectivity index (χ3v) is 5.45. The van der Waals surface area contributed by atoms with Gasteiger partial charge in [-0.25, -0.2) is 4.98 Å². The van der Waals surface area contributed by atoms with Crippen LogP contribution < -0.4 is 10.1 Å². The fraction of sp³-hybridized carbons (Fsp3) is 0.269. The van der Waals surface area contributed by atoms with Gasteiger partial charge in [0.05, 0.1) is 17.6 Å². The second-order valence-electron chi connectivity index (χ2n) is 7.61. The van der Waals surface area contributed by atoms with Crippen LogP contribution in [0.4, 0.5) is 0 Å². The predicted octanol–water partition coefficient (Wildman–Crippen LogP) is 4.44. The molecule has 0 saturated carbocycles. The summed E-state index contributed by atoms with van der Waals surface area (Å²) >= 11 is 0. The van der Waals surface area contributed by atoms with Crippen molar-refractivity contribution < 1.29 is 9.53 Å². The number of rotatable bonds is 10. The Bertz CT molecular complexity index is 1150. The molecule has 0 bridgehead atoms. The minimum atomic E-state index is -0.0802. The lowest BCUT2D eigenvalue weighted by Crippen LogP contribution is -2.25. The van der Waals surface area contributed by atoms with Gasteiger partial charge in [-0.2, -0.15) is 0 Å². The number of hydrogen-bond donors (Lipinski definition) is 1. The average Bonchev–Trinajstić information content (AvgIpc) is 3.20. The van der Waals surface area contributed by atoms with Gasteiger partial charge < -0.3 is 14.6 Å². The van der Waals surface area contributed by atoms with Crippen molar-refractivity contribution in [3.05, 3.63) is 90.0 Å². The first kappa shape index (κ1) is 21.6. The van der Waals surface area contributed by atoms with Crippen LogP contribution in [0.25, 0.3) is 11.0 Å². The van der Waals surface area contributed by atoms with Crippen LogP contribution in [0.1, 0.15) is 35.1 Å². The van der Waals surface area contributed by atoms with Gasteiger partial charge in [0.2, 0.25) is 0 Å². The van der Waals surface area contributed by atoms with Gasteiger partial charge in [-0.3, -0.25) is 9.78 Å². The minimum absolute atomic E-state index is 0.0802. The average molecular weight is 429 g/mol. The summed E-state index contributed by atoms with van der Waals surface area (Å²) in [5.74, 6) is 1.81. The molecule has 0 fully saturated rings. The number of ether oxygens (including phenoxy) is 1. The molecule has 0 unspecified atom stereocenters. The Labute approximate surface area is 188 Å². The number of amides is 1. The van der Waals surface area contributed by atoms with Gasteiger partial charge in [0.1, 0.15) is 18.2 Å². The molecule has 0 saturated heterocycles. The minimum Gasteiger partial charge on any atom is -0.492 e. The highest BCUT2D eigenvalue weighted by atomic mass is 16.5. The zero-order valence-corrected chi connectivity index (χ0v) is 18.3. The second kappa shape index (κ2) is 10.6. The lowest BCUT2D eigenvalue weighted by molar-refractivity contribution is 0.0953. The number of carbonyl (C=O) groups is 1. The molecule has 2 aromatic heterocycles. The van der Waals surface area contributed by atoms with E-state index in [-0.39, 0.29) is 5.91 Å². The smallest absolute Gasteiger partial charge is 0.251 e. The third-order valence-electron chi connectivity index (χ3n) is 5.45. The molecule has 2 aromatic carbocycles. The van der Waals surface area contributed by atoms with Crippen molar-refractivity contribution in [2.24, 2.45) is 0 Å². The van der Waals surface area contributed by atoms with Gasteiger partial charge >= 0.3 is 0 Å². The molecule has 4 aromatic rings. The molecule has 1 amide bonds. The molecule has 4 rings (SSSR count). The van der Waals surface area contributed by atoms with E-state index < -0.39 is 0 Å². The molecule has 0 spiro atoms. The fourth-order valence-corrected chi connectivity index (χ4v) is 3.70. The van der Waals surface area contributed by atoms with Crippen molar-refractivity contribution in [1.29, 1.82) is 0 Å². The van der Waals surface area contributed by atoms with Crippen LogP contribution in [0.5, 0.6) is 5.75 Å². The Hall–Kier alpha value is -3.67. The normalized spacial score (nSPS) is 10.9. The van der Waals surface area contributed by atoms with Crippen LogP contribution in [0.3, 0.4) is 0 Å². The van der Waals surface area contributed by atoms with Crippen LogP contribution >= 0.6 is 0 Å². The molecule has 2 heterocycles. The molecule has 0 atom stereocenters. The van der Waals surface area contributed by atoms with E-state index in [1.165, 1.54) is 5.56 Å². The largest absolute Gasteiger partial charge is 0.492 e. The number of nitrogens with zero attached hydrogens (tertiary/aromatic N) is 3. The van der Waals surface area contributed by atoms with E-state index in [9.17, 15) is 4.79 Å². The summed E-state index contributed by atoms with van der Waals surface area (Å²) in [7, 11) is 0. The van der Waals surface area contributed by atoms with E-state index in [1.54, 1.807) is 24.5 Å². The molecule has 0 aliphatic heterocycles. The van der Waals surface area contributed by atoms with E-state index in [4.69, 9.17) is 9.72 Å². The molecule has 0 aliphatic carbocycles. The number of nitrogens with one attached hydrogen (secondary N) is 1. The molecule has 32 heavy (non-hydrogen) atoms. The number of para-hydroxylation sites is 2. The maximum Gasteiger partial charge on any atom is 0.251 e. The Balaban J connectivity index is 1.35. The zero-order valence-electron chi connectivity index (χ0n) is 18.3. The molecular formula is C26H28N4O2. The van der Waals surface area contributed by atoms with Crippen LogP contribution in [0.15, 0.2) is 73.1 Å². The highest BCUT2D eigenvalue weighted by molar-refractivity contribution is 5.93. The van der Waals surface area contributed by atoms with Crippen molar-refractivity contribution >= 4 is 16.9 Å². The van der Waals surface area contributed by atoms with E-state index in [0.717, 1.165) is 48.4 Å². The highest BCUT2D eigenvalue weighted by Gasteiger charge is 2.11. The van der Waals surface area contributed by atoms with Crippen LogP contribution in [0.2, 0.25) is 0 Å². The van der Waals surface area contributed by atoms with E-state index >= 15 is 0 Å². The fourth-order valence-electron chi connectivity index (χ4n) is 3.70. The monoisotopic (exact) mass is 428 g/mol. The Morgan fingerprint density at radius 1 is 1.03 bits per heavy atom. The van der Waals surface area contributed by atoms with E-state index in [1.807, 2.05) is 30.3 Å². The van der Waals surface area contributed by atoms with Crippen molar-refractivity contribution in [3.8, 4) is 5.75 Å². The van der Waals surface area contributed by atoms with Crippen molar-refractivity contribution in [1.82, 2.24) is 19.9 Å². The number of pyridine rings is 1. The van der Waals surface area contributed by atoms with Crippen LogP contribution in [0, 0.1) is 0 Å². The summed E-state index contributed by atoms with van der Waals surface area (Å²) < 4.78 is 8.20. The van der Waals surface area contributed by atoms with Gasteiger partial charge in [-0.15, -0.1) is 0 Å². The maximum atomic E-state index is 12.2. The van der Waals surface area contributed by atoms with Crippen molar-refractivity contribution in [3.63, 3.8) is 0 Å². The Morgan fingerprint density at radius 3 is 2.59 bits per heavy atom. The molecule has 0 aliphatic rings. The molecule has 164 valence electrons. The summed E-state index contributed by atoms with van der Waals surface area (Å²) in [5.41, 5.74) is 4.01. The third kappa shape index (κ3) is 5.32. The summed E-state index contributed by atoms with van der Waals surface area (Å²) in [6.45, 7) is 4.02. The Morgan fingerprint density at radius 2 is 1.81 bits per heavy atom. The standard InChI is InChI=1S/C26H28N4O2/c1-2-20-9-11-22(12-10-20)32-19-18-30-24-7-4-3-6-23(24)29-25(30)8-5-15-28-26(31)21-13-16-27-17-14-21/h3-4,6-7,9-14,16-17H,2,5,8,15,18-19H2,1H3,(H,28,31). The van der Waals surface area contributed by atoms with Crippen molar-refractivity contribution in [2.45, 2.75) is 32.7 Å². The number of benzene rings is 2. The van der Waals surface area contributed by atoms with Gasteiger partial charge in [-0.1, -0.05) is 31.2 Å². The zero-order chi connectivity index (χ0) is 22.2. The first-order chi connectivity index (χ1) is 15.7. The number of aryl methyl sites for hydroxylation is 2. The van der Waals surface area contributed by atoms with E-state index in [2.05, 4.69) is 40.0 Å². The number of imidazole rings is 1. The molecule has 6 nitrogen and oxygen atoms in total. The van der Waals surface area contributed by atoms with Gasteiger partial charge in [0.15, 0.2) is 0 Å². The predicted molar refractivity (Wildman–Crippen MR) is 126 cm³/mol. The number of hydrogen-bond acceptors (Lipinski definition) is 4. The molecular weight excluding hydrogens is 400 g/mol. The number of carbonyl (C=O) groups excluding carboxylic acids is 1. The van der Waals surface area contributed by atoms with Crippen molar-refractivity contribution in [2.75, 3.05) is 13.2 Å². The lowest BCUT2D eigenvalue weighted by Gasteiger charge is -2.11. The lowest BCUT2D eigenvalue weighted by atomic mass is 10.2. The summed E-state index contributed by atoms with van der Waals surface area (Å²) in [4.78, 5) is 21.0. The molecule has 1 N–H and O–H groups in total. The second-order valence-corrected chi connectivity index (χ2v) is 7.61. The maximum absolute atomic E-state index is 12.2. The quantitative estimate of drug-likeness (QED) is 0.379. The van der Waals surface area contributed by atoms with Gasteiger partial charge in [-0.05, 0) is 54.8 Å². The molecule has 0 radical (unpaired) electrons. The SMILES string of the molecule is CCc1ccc(OCCn2c(CCCNC(=O)c3ccncc3)nc3ccccc32)cc1. The first-order valence-electron chi connectivity index (χ1n) is 11.1. The van der Waals surface area contributed by atoms with Gasteiger partial charge in [0, 0.05) is 30.9 Å². The van der Waals surface area contributed by atoms with Gasteiger partial charge in [0.25, 0.3) is 5.91 Å². The van der Waals surface area contributed by atoms with Crippen LogP contribution in [-0.2, 0) is 19.4 Å². The summed E-state index contributed by atoms with van der Waals surface area (Å²) in [5, 5.41) is 2.97. The van der Waals surface area contributed by atoms with Crippen LogP contribution in [-0.4, -0.2) is 33.6 Å². The van der Waals surface area contributed by atoms with E-state index in [0.29, 0.717) is 18.7 Å². The highest BCUT2D eigenvalue weighted by Crippen LogP contribution is 2.18. The number of fused-ring (bicyclic) bond motifs is 1. The Kier molecular flexibility index (Phi) is 7.12.